The van der Waals surface area contributed by atoms with Crippen molar-refractivity contribution in [1.29, 1.82) is 0 Å². The minimum absolute atomic E-state index is 0.0338. The second-order valence-electron chi connectivity index (χ2n) is 5.44. The summed E-state index contributed by atoms with van der Waals surface area (Å²) in [5.41, 5.74) is 0.416. The van der Waals surface area contributed by atoms with Gasteiger partial charge in [-0.2, -0.15) is 0 Å². The Morgan fingerprint density at radius 1 is 1.59 bits per heavy atom. The Balaban J connectivity index is 3.34. The van der Waals surface area contributed by atoms with Crippen molar-refractivity contribution in [2.24, 2.45) is 10.9 Å². The molecule has 4 nitrogen and oxygen atoms in total. The Morgan fingerprint density at radius 3 is 2.77 bits per heavy atom. The van der Waals surface area contributed by atoms with Crippen LogP contribution in [0.25, 0.3) is 0 Å². The average Bonchev–Trinajstić information content (AvgIpc) is 2.48. The van der Waals surface area contributed by atoms with Gasteiger partial charge in [0.1, 0.15) is 11.7 Å². The standard InChI is InChI=1S/C18H26N2O2/c1-6-10-15(11-7-2)16-12-9-13-19-18(16,5)20(8-3)14(4)17(21)22/h6-7,9-14,16H,1,8H2,2-5H3,(H,21,22)/b11-7-,15-10+/t14?,16?,18-/m1/s1. The van der Waals surface area contributed by atoms with Gasteiger partial charge in [0.25, 0.3) is 0 Å². The molecule has 0 spiro atoms. The van der Waals surface area contributed by atoms with E-state index in [2.05, 4.69) is 17.6 Å². The van der Waals surface area contributed by atoms with Crippen LogP contribution in [-0.2, 0) is 4.79 Å². The molecule has 0 amide bonds. The molecule has 0 aromatic rings. The lowest BCUT2D eigenvalue weighted by Gasteiger charge is -2.45. The number of hydrogen-bond donors (Lipinski definition) is 1. The zero-order valence-electron chi connectivity index (χ0n) is 13.9. The summed E-state index contributed by atoms with van der Waals surface area (Å²) < 4.78 is 0. The van der Waals surface area contributed by atoms with Crippen LogP contribution in [0.4, 0.5) is 0 Å². The SMILES string of the molecule is C=C/C=C(\C=C/C)C1C=CC=N[C@]1(C)N(CC)C(C)C(=O)O. The number of dihydropyridines is 1. The van der Waals surface area contributed by atoms with Gasteiger partial charge in [0, 0.05) is 12.1 Å². The summed E-state index contributed by atoms with van der Waals surface area (Å²) >= 11 is 0. The van der Waals surface area contributed by atoms with Gasteiger partial charge < -0.3 is 5.11 Å². The van der Waals surface area contributed by atoms with Gasteiger partial charge in [0.15, 0.2) is 0 Å². The minimum atomic E-state index is -0.841. The summed E-state index contributed by atoms with van der Waals surface area (Å²) in [4.78, 5) is 18.0. The maximum Gasteiger partial charge on any atom is 0.320 e. The first-order chi connectivity index (χ1) is 10.4. The van der Waals surface area contributed by atoms with Crippen molar-refractivity contribution in [2.75, 3.05) is 6.54 Å². The zero-order chi connectivity index (χ0) is 16.8. The van der Waals surface area contributed by atoms with Crippen LogP contribution in [0.1, 0.15) is 27.7 Å². The molecular weight excluding hydrogens is 276 g/mol. The lowest BCUT2D eigenvalue weighted by atomic mass is 9.82. The molecule has 2 unspecified atom stereocenters. The summed E-state index contributed by atoms with van der Waals surface area (Å²) in [6, 6.07) is -0.614. The van der Waals surface area contributed by atoms with Crippen molar-refractivity contribution in [3.05, 3.63) is 48.6 Å². The van der Waals surface area contributed by atoms with Crippen LogP contribution >= 0.6 is 0 Å². The molecule has 22 heavy (non-hydrogen) atoms. The Hall–Kier alpha value is -1.94. The van der Waals surface area contributed by atoms with Crippen molar-refractivity contribution in [3.63, 3.8) is 0 Å². The summed E-state index contributed by atoms with van der Waals surface area (Å²) in [6.45, 7) is 12.0. The monoisotopic (exact) mass is 302 g/mol. The highest BCUT2D eigenvalue weighted by Crippen LogP contribution is 2.36. The topological polar surface area (TPSA) is 52.9 Å². The van der Waals surface area contributed by atoms with Crippen LogP contribution in [0.3, 0.4) is 0 Å². The third kappa shape index (κ3) is 3.63. The van der Waals surface area contributed by atoms with E-state index in [1.165, 1.54) is 0 Å². The van der Waals surface area contributed by atoms with Crippen molar-refractivity contribution in [2.45, 2.75) is 39.4 Å². The van der Waals surface area contributed by atoms with Gasteiger partial charge in [-0.15, -0.1) is 0 Å². The van der Waals surface area contributed by atoms with E-state index in [-0.39, 0.29) is 5.92 Å². The molecule has 0 saturated heterocycles. The first-order valence-corrected chi connectivity index (χ1v) is 7.59. The molecule has 120 valence electrons. The summed E-state index contributed by atoms with van der Waals surface area (Å²) in [7, 11) is 0. The highest BCUT2D eigenvalue weighted by atomic mass is 16.4. The van der Waals surface area contributed by atoms with Crippen molar-refractivity contribution < 1.29 is 9.90 Å². The summed E-state index contributed by atoms with van der Waals surface area (Å²) in [5.74, 6) is -0.875. The maximum absolute atomic E-state index is 11.5. The largest absolute Gasteiger partial charge is 0.480 e. The van der Waals surface area contributed by atoms with Crippen LogP contribution in [0.15, 0.2) is 53.6 Å². The van der Waals surface area contributed by atoms with Gasteiger partial charge >= 0.3 is 5.97 Å². The molecule has 1 aliphatic rings. The molecule has 0 saturated carbocycles. The highest BCUT2D eigenvalue weighted by Gasteiger charge is 2.43. The predicted octanol–water partition coefficient (Wildman–Crippen LogP) is 3.44. The Labute approximate surface area is 133 Å². The quantitative estimate of drug-likeness (QED) is 0.733. The molecule has 1 heterocycles. The molecule has 4 heteroatoms. The molecule has 0 aromatic carbocycles. The van der Waals surface area contributed by atoms with Gasteiger partial charge in [0.2, 0.25) is 0 Å². The maximum atomic E-state index is 11.5. The number of likely N-dealkylation sites (N-methyl/N-ethyl adjacent to an activating group) is 1. The third-order valence-electron chi connectivity index (χ3n) is 4.09. The van der Waals surface area contributed by atoms with E-state index in [1.807, 2.05) is 50.0 Å². The predicted molar refractivity (Wildman–Crippen MR) is 92.1 cm³/mol. The number of nitrogens with zero attached hydrogens (tertiary/aromatic N) is 2. The van der Waals surface area contributed by atoms with Crippen LogP contribution in [0.2, 0.25) is 0 Å². The second kappa shape index (κ2) is 7.90. The fourth-order valence-corrected chi connectivity index (χ4v) is 3.01. The number of carboxylic acids is 1. The Kier molecular flexibility index (Phi) is 6.50. The zero-order valence-corrected chi connectivity index (χ0v) is 13.9. The first kappa shape index (κ1) is 18.1. The molecule has 0 fully saturated rings. The number of hydrogen-bond acceptors (Lipinski definition) is 3. The Bertz CT molecular complexity index is 531. The van der Waals surface area contributed by atoms with Gasteiger partial charge in [0.05, 0.1) is 0 Å². The lowest BCUT2D eigenvalue weighted by molar-refractivity contribution is -0.145. The first-order valence-electron chi connectivity index (χ1n) is 7.59. The smallest absolute Gasteiger partial charge is 0.320 e. The molecule has 0 aromatic heterocycles. The second-order valence-corrected chi connectivity index (χ2v) is 5.44. The number of rotatable bonds is 7. The lowest BCUT2D eigenvalue weighted by Crippen LogP contribution is -2.56. The minimum Gasteiger partial charge on any atom is -0.480 e. The van der Waals surface area contributed by atoms with Gasteiger partial charge in [-0.05, 0) is 39.0 Å². The number of aliphatic carboxylic acids is 1. The van der Waals surface area contributed by atoms with Gasteiger partial charge in [-0.3, -0.25) is 14.7 Å². The van der Waals surface area contributed by atoms with E-state index < -0.39 is 17.7 Å². The van der Waals surface area contributed by atoms with Crippen LogP contribution < -0.4 is 0 Å². The van der Waals surface area contributed by atoms with Crippen molar-refractivity contribution in [3.8, 4) is 0 Å². The van der Waals surface area contributed by atoms with Crippen LogP contribution in [0.5, 0.6) is 0 Å². The van der Waals surface area contributed by atoms with E-state index in [0.717, 1.165) is 5.57 Å². The molecule has 0 bridgehead atoms. The van der Waals surface area contributed by atoms with Crippen LogP contribution in [-0.4, -0.2) is 40.4 Å². The molecule has 0 aliphatic carbocycles. The molecule has 1 aliphatic heterocycles. The molecule has 1 N–H and O–H groups in total. The van der Waals surface area contributed by atoms with E-state index in [1.54, 1.807) is 19.2 Å². The fourth-order valence-electron chi connectivity index (χ4n) is 3.01. The molecule has 1 rings (SSSR count). The summed E-state index contributed by atoms with van der Waals surface area (Å²) in [5, 5.41) is 9.40. The average molecular weight is 302 g/mol. The number of aliphatic imine (C=N–C) groups is 1. The number of carboxylic acid groups (broad SMARTS) is 1. The molecule has 3 atom stereocenters. The molecule has 0 radical (unpaired) electrons. The van der Waals surface area contributed by atoms with E-state index in [0.29, 0.717) is 6.54 Å². The Morgan fingerprint density at radius 2 is 2.27 bits per heavy atom. The van der Waals surface area contributed by atoms with Crippen LogP contribution in [0, 0.1) is 5.92 Å². The van der Waals surface area contributed by atoms with Gasteiger partial charge in [-0.1, -0.05) is 43.9 Å². The summed E-state index contributed by atoms with van der Waals surface area (Å²) in [6.07, 6.45) is 13.4. The van der Waals surface area contributed by atoms with Crippen molar-refractivity contribution >= 4 is 12.2 Å². The van der Waals surface area contributed by atoms with Gasteiger partial charge in [-0.25, -0.2) is 0 Å². The number of carbonyl (C=O) groups is 1. The third-order valence-corrected chi connectivity index (χ3v) is 4.09. The van der Waals surface area contributed by atoms with E-state index in [4.69, 9.17) is 0 Å². The fraction of sp³-hybridized carbons (Fsp3) is 0.444. The normalized spacial score (nSPS) is 26.6. The number of allylic oxidation sites excluding steroid dienone is 5. The molecular formula is C18H26N2O2. The van der Waals surface area contributed by atoms with E-state index >= 15 is 0 Å². The van der Waals surface area contributed by atoms with E-state index in [9.17, 15) is 9.90 Å². The highest BCUT2D eigenvalue weighted by molar-refractivity contribution is 5.75. The van der Waals surface area contributed by atoms with Crippen molar-refractivity contribution in [1.82, 2.24) is 4.90 Å².